The largest absolute Gasteiger partial charge is 0.387 e. The Hall–Kier alpha value is -1.76. The van der Waals surface area contributed by atoms with Gasteiger partial charge in [0.1, 0.15) is 12.7 Å². The summed E-state index contributed by atoms with van der Waals surface area (Å²) >= 11 is 0. The zero-order chi connectivity index (χ0) is 13.8. The zero-order valence-electron chi connectivity index (χ0n) is 11.3. The van der Waals surface area contributed by atoms with Crippen molar-refractivity contribution in [1.82, 2.24) is 25.4 Å². The first kappa shape index (κ1) is 13.2. The fraction of sp³-hybridized carbons (Fsp3) is 0.429. The van der Waals surface area contributed by atoms with E-state index in [2.05, 4.69) is 32.8 Å². The van der Waals surface area contributed by atoms with Crippen LogP contribution in [-0.4, -0.2) is 45.1 Å². The molecule has 3 rings (SSSR count). The summed E-state index contributed by atoms with van der Waals surface area (Å²) in [4.78, 5) is 3.93. The molecule has 0 unspecified atom stereocenters. The van der Waals surface area contributed by atoms with Gasteiger partial charge in [0.05, 0.1) is 11.3 Å². The molecule has 0 saturated carbocycles. The summed E-state index contributed by atoms with van der Waals surface area (Å²) in [6.45, 7) is 2.93. The molecular formula is C14H19N5O. The van der Waals surface area contributed by atoms with Crippen LogP contribution in [0.2, 0.25) is 0 Å². The van der Waals surface area contributed by atoms with Crippen molar-refractivity contribution < 1.29 is 5.11 Å². The first-order valence-corrected chi connectivity index (χ1v) is 6.83. The highest BCUT2D eigenvalue weighted by Gasteiger charge is 2.30. The molecule has 1 saturated heterocycles. The summed E-state index contributed by atoms with van der Waals surface area (Å²) in [5.41, 5.74) is 1.58. The van der Waals surface area contributed by atoms with E-state index in [1.807, 2.05) is 12.1 Å². The van der Waals surface area contributed by atoms with Gasteiger partial charge in [-0.15, -0.1) is 0 Å². The Kier molecular flexibility index (Phi) is 3.77. The van der Waals surface area contributed by atoms with Crippen LogP contribution in [0.4, 0.5) is 0 Å². The van der Waals surface area contributed by atoms with Crippen LogP contribution in [0.3, 0.4) is 0 Å². The normalized spacial score (nSPS) is 22.2. The minimum Gasteiger partial charge on any atom is -0.387 e. The van der Waals surface area contributed by atoms with E-state index in [1.165, 1.54) is 11.9 Å². The van der Waals surface area contributed by atoms with E-state index >= 15 is 0 Å². The maximum absolute atomic E-state index is 10.2. The molecule has 1 aliphatic heterocycles. The summed E-state index contributed by atoms with van der Waals surface area (Å²) in [5, 5.41) is 20.8. The molecule has 1 aromatic heterocycles. The number of aromatic nitrogens is 3. The lowest BCUT2D eigenvalue weighted by Crippen LogP contribution is -2.42. The summed E-state index contributed by atoms with van der Waals surface area (Å²) in [6.07, 6.45) is 4.01. The fourth-order valence-corrected chi connectivity index (χ4v) is 2.43. The molecule has 0 radical (unpaired) electrons. The second-order valence-corrected chi connectivity index (χ2v) is 5.26. The van der Waals surface area contributed by atoms with Gasteiger partial charge < -0.3 is 15.7 Å². The smallest absolute Gasteiger partial charge is 0.138 e. The predicted molar refractivity (Wildman–Crippen MR) is 75.5 cm³/mol. The van der Waals surface area contributed by atoms with Crippen molar-refractivity contribution in [3.05, 3.63) is 42.5 Å². The van der Waals surface area contributed by atoms with Gasteiger partial charge in [0.25, 0.3) is 0 Å². The van der Waals surface area contributed by atoms with E-state index in [1.54, 1.807) is 11.0 Å². The van der Waals surface area contributed by atoms with Crippen molar-refractivity contribution in [3.63, 3.8) is 0 Å². The Morgan fingerprint density at radius 2 is 2.20 bits per heavy atom. The van der Waals surface area contributed by atoms with Gasteiger partial charge in [-0.1, -0.05) is 12.1 Å². The van der Waals surface area contributed by atoms with Crippen LogP contribution in [-0.2, 0) is 6.54 Å². The van der Waals surface area contributed by atoms with Gasteiger partial charge in [0, 0.05) is 19.6 Å². The second-order valence-electron chi connectivity index (χ2n) is 5.26. The molecule has 20 heavy (non-hydrogen) atoms. The Bertz CT molecular complexity index is 531. The number of hydrogen-bond donors (Lipinski definition) is 3. The highest BCUT2D eigenvalue weighted by atomic mass is 16.3. The summed E-state index contributed by atoms with van der Waals surface area (Å²) < 4.78 is 1.73. The molecular weight excluding hydrogens is 254 g/mol. The predicted octanol–water partition coefficient (Wildman–Crippen LogP) is 0.0813. The Morgan fingerprint density at radius 1 is 1.35 bits per heavy atom. The molecule has 0 aliphatic carbocycles. The van der Waals surface area contributed by atoms with Gasteiger partial charge in [-0.2, -0.15) is 5.10 Å². The standard InChI is InChI=1S/C14H19N5O/c20-14(5-6-15-8-14)9-16-7-12-1-3-13(4-2-12)19-11-17-10-18-19/h1-4,10-11,15-16,20H,5-9H2/t14-/m0/s1. The number of rotatable bonds is 5. The van der Waals surface area contributed by atoms with Crippen LogP contribution in [0.5, 0.6) is 0 Å². The van der Waals surface area contributed by atoms with Crippen molar-refractivity contribution in [2.24, 2.45) is 0 Å². The van der Waals surface area contributed by atoms with Crippen molar-refractivity contribution in [1.29, 1.82) is 0 Å². The van der Waals surface area contributed by atoms with Crippen LogP contribution < -0.4 is 10.6 Å². The average Bonchev–Trinajstić information content (AvgIpc) is 3.11. The Labute approximate surface area is 117 Å². The molecule has 0 spiro atoms. The molecule has 0 amide bonds. The van der Waals surface area contributed by atoms with Gasteiger partial charge in [-0.3, -0.25) is 0 Å². The van der Waals surface area contributed by atoms with Gasteiger partial charge in [-0.25, -0.2) is 9.67 Å². The van der Waals surface area contributed by atoms with Gasteiger partial charge >= 0.3 is 0 Å². The quantitative estimate of drug-likeness (QED) is 0.719. The number of nitrogens with zero attached hydrogens (tertiary/aromatic N) is 3. The first-order valence-electron chi connectivity index (χ1n) is 6.83. The lowest BCUT2D eigenvalue weighted by molar-refractivity contribution is 0.0609. The lowest BCUT2D eigenvalue weighted by atomic mass is 10.0. The Morgan fingerprint density at radius 3 is 2.85 bits per heavy atom. The molecule has 1 aromatic carbocycles. The monoisotopic (exact) mass is 273 g/mol. The molecule has 1 atom stereocenters. The van der Waals surface area contributed by atoms with Gasteiger partial charge in [0.2, 0.25) is 0 Å². The van der Waals surface area contributed by atoms with Gasteiger partial charge in [-0.05, 0) is 30.7 Å². The highest BCUT2D eigenvalue weighted by Crippen LogP contribution is 2.13. The van der Waals surface area contributed by atoms with Crippen molar-refractivity contribution in [2.45, 2.75) is 18.6 Å². The average molecular weight is 273 g/mol. The van der Waals surface area contributed by atoms with Crippen LogP contribution in [0.15, 0.2) is 36.9 Å². The van der Waals surface area contributed by atoms with E-state index in [0.717, 1.165) is 25.2 Å². The number of hydrogen-bond acceptors (Lipinski definition) is 5. The van der Waals surface area contributed by atoms with Crippen molar-refractivity contribution in [2.75, 3.05) is 19.6 Å². The van der Waals surface area contributed by atoms with E-state index in [-0.39, 0.29) is 0 Å². The third kappa shape index (κ3) is 3.04. The molecule has 2 heterocycles. The van der Waals surface area contributed by atoms with E-state index < -0.39 is 5.60 Å². The lowest BCUT2D eigenvalue weighted by Gasteiger charge is -2.21. The minimum atomic E-state index is -0.597. The Balaban J connectivity index is 1.53. The minimum absolute atomic E-state index is 0.597. The van der Waals surface area contributed by atoms with E-state index in [0.29, 0.717) is 13.1 Å². The molecule has 0 bridgehead atoms. The third-order valence-corrected chi connectivity index (χ3v) is 3.62. The van der Waals surface area contributed by atoms with Crippen molar-refractivity contribution in [3.8, 4) is 5.69 Å². The summed E-state index contributed by atoms with van der Waals surface area (Å²) in [7, 11) is 0. The van der Waals surface area contributed by atoms with Crippen LogP contribution >= 0.6 is 0 Å². The van der Waals surface area contributed by atoms with Crippen molar-refractivity contribution >= 4 is 0 Å². The topological polar surface area (TPSA) is 75.0 Å². The molecule has 6 nitrogen and oxygen atoms in total. The summed E-state index contributed by atoms with van der Waals surface area (Å²) in [6, 6.07) is 8.14. The van der Waals surface area contributed by atoms with Crippen LogP contribution in [0.1, 0.15) is 12.0 Å². The third-order valence-electron chi connectivity index (χ3n) is 3.62. The zero-order valence-corrected chi connectivity index (χ0v) is 11.3. The maximum atomic E-state index is 10.2. The number of β-amino-alcohol motifs (C(OH)–C–C–N with tert-alkyl or cyclic N) is 1. The molecule has 3 N–H and O–H groups in total. The maximum Gasteiger partial charge on any atom is 0.138 e. The fourth-order valence-electron chi connectivity index (χ4n) is 2.43. The second kappa shape index (κ2) is 5.70. The molecule has 1 aliphatic rings. The van der Waals surface area contributed by atoms with Crippen LogP contribution in [0.25, 0.3) is 5.69 Å². The number of nitrogens with one attached hydrogen (secondary N) is 2. The molecule has 2 aromatic rings. The molecule has 6 heteroatoms. The molecule has 1 fully saturated rings. The number of aliphatic hydroxyl groups is 1. The molecule has 106 valence electrons. The number of benzene rings is 1. The van der Waals surface area contributed by atoms with Crippen LogP contribution in [0, 0.1) is 0 Å². The summed E-state index contributed by atoms with van der Waals surface area (Å²) in [5.74, 6) is 0. The highest BCUT2D eigenvalue weighted by molar-refractivity contribution is 5.33. The van der Waals surface area contributed by atoms with Gasteiger partial charge in [0.15, 0.2) is 0 Å². The SMILES string of the molecule is O[C@@]1(CNCc2ccc(-n3cncn3)cc2)CCNC1. The first-order chi connectivity index (χ1) is 9.75. The van der Waals surface area contributed by atoms with E-state index in [9.17, 15) is 5.11 Å². The van der Waals surface area contributed by atoms with E-state index in [4.69, 9.17) is 0 Å².